The topological polar surface area (TPSA) is 164 Å². The number of benzene rings is 3. The van der Waals surface area contributed by atoms with Gasteiger partial charge in [-0.25, -0.2) is 10.6 Å². The maximum absolute atomic E-state index is 13.6. The first-order valence-corrected chi connectivity index (χ1v) is 12.7. The van der Waals surface area contributed by atoms with Gasteiger partial charge in [-0.15, -0.1) is 0 Å². The van der Waals surface area contributed by atoms with Crippen molar-refractivity contribution >= 4 is 24.2 Å². The van der Waals surface area contributed by atoms with Crippen LogP contribution in [-0.2, 0) is 22.7 Å². The van der Waals surface area contributed by atoms with Gasteiger partial charge in [0.1, 0.15) is 6.04 Å². The lowest BCUT2D eigenvalue weighted by molar-refractivity contribution is -0.129. The van der Waals surface area contributed by atoms with Crippen molar-refractivity contribution in [2.24, 2.45) is 16.6 Å². The summed E-state index contributed by atoms with van der Waals surface area (Å²) in [4.78, 5) is 41.9. The lowest BCUT2D eigenvalue weighted by Crippen LogP contribution is -2.48. The highest BCUT2D eigenvalue weighted by Crippen LogP contribution is 2.25. The fourth-order valence-corrected chi connectivity index (χ4v) is 4.09. The SMILES string of the molecule is NNC=NCCC[C@@H](NC(=O)C(c1ccccc1)c1ccccc1)C(=O)NCc1ccc(CNC(N)=O)cc1. The van der Waals surface area contributed by atoms with Crippen molar-refractivity contribution in [2.75, 3.05) is 6.54 Å². The number of nitrogens with two attached hydrogens (primary N) is 2. The van der Waals surface area contributed by atoms with Crippen molar-refractivity contribution in [3.8, 4) is 0 Å². The number of hydrogen-bond acceptors (Lipinski definition) is 5. The molecule has 0 saturated carbocycles. The van der Waals surface area contributed by atoms with E-state index in [1.807, 2.05) is 84.9 Å². The molecule has 0 aliphatic heterocycles. The predicted octanol–water partition coefficient (Wildman–Crippen LogP) is 2.06. The smallest absolute Gasteiger partial charge is 0.312 e. The van der Waals surface area contributed by atoms with Crippen LogP contribution in [0, 0.1) is 0 Å². The molecule has 0 aliphatic carbocycles. The minimum Gasteiger partial charge on any atom is -0.352 e. The Balaban J connectivity index is 1.71. The second kappa shape index (κ2) is 15.5. The molecule has 0 aliphatic rings. The molecule has 39 heavy (non-hydrogen) atoms. The molecule has 0 fully saturated rings. The Kier molecular flexibility index (Phi) is 11.5. The van der Waals surface area contributed by atoms with Crippen LogP contribution in [0.3, 0.4) is 0 Å². The highest BCUT2D eigenvalue weighted by atomic mass is 16.2. The highest BCUT2D eigenvalue weighted by Gasteiger charge is 2.27. The summed E-state index contributed by atoms with van der Waals surface area (Å²) in [5, 5.41) is 8.45. The van der Waals surface area contributed by atoms with E-state index in [0.29, 0.717) is 25.9 Å². The summed E-state index contributed by atoms with van der Waals surface area (Å²) in [7, 11) is 0. The second-order valence-corrected chi connectivity index (χ2v) is 8.91. The monoisotopic (exact) mass is 529 g/mol. The fraction of sp³-hybridized carbons (Fsp3) is 0.241. The molecule has 8 N–H and O–H groups in total. The third kappa shape index (κ3) is 9.60. The van der Waals surface area contributed by atoms with E-state index in [0.717, 1.165) is 22.3 Å². The van der Waals surface area contributed by atoms with Crippen molar-refractivity contribution in [1.82, 2.24) is 21.4 Å². The summed E-state index contributed by atoms with van der Waals surface area (Å²) in [6.07, 6.45) is 2.35. The number of primary amides is 1. The molecule has 3 aromatic carbocycles. The predicted molar refractivity (Wildman–Crippen MR) is 151 cm³/mol. The summed E-state index contributed by atoms with van der Waals surface area (Å²) < 4.78 is 0. The third-order valence-electron chi connectivity index (χ3n) is 6.06. The molecule has 4 amide bonds. The van der Waals surface area contributed by atoms with Gasteiger partial charge < -0.3 is 27.1 Å². The van der Waals surface area contributed by atoms with Crippen LogP contribution in [-0.4, -0.2) is 36.8 Å². The van der Waals surface area contributed by atoms with E-state index in [1.54, 1.807) is 0 Å². The van der Waals surface area contributed by atoms with Crippen molar-refractivity contribution in [3.05, 3.63) is 107 Å². The van der Waals surface area contributed by atoms with Crippen LogP contribution >= 0.6 is 0 Å². The first kappa shape index (κ1) is 28.9. The largest absolute Gasteiger partial charge is 0.352 e. The number of hydrazine groups is 1. The van der Waals surface area contributed by atoms with Gasteiger partial charge in [0.2, 0.25) is 11.8 Å². The van der Waals surface area contributed by atoms with Gasteiger partial charge in [-0.3, -0.25) is 14.6 Å². The van der Waals surface area contributed by atoms with Gasteiger partial charge in [-0.2, -0.15) is 0 Å². The van der Waals surface area contributed by atoms with Gasteiger partial charge in [0.05, 0.1) is 12.3 Å². The van der Waals surface area contributed by atoms with Crippen molar-refractivity contribution in [2.45, 2.75) is 37.9 Å². The second-order valence-electron chi connectivity index (χ2n) is 8.91. The van der Waals surface area contributed by atoms with E-state index in [4.69, 9.17) is 11.6 Å². The first-order valence-electron chi connectivity index (χ1n) is 12.7. The minimum atomic E-state index is -0.757. The number of nitrogens with zero attached hydrogens (tertiary/aromatic N) is 1. The summed E-state index contributed by atoms with van der Waals surface area (Å²) in [5.74, 6) is 4.11. The van der Waals surface area contributed by atoms with Crippen molar-refractivity contribution in [1.29, 1.82) is 0 Å². The van der Waals surface area contributed by atoms with E-state index in [9.17, 15) is 14.4 Å². The maximum Gasteiger partial charge on any atom is 0.312 e. The Morgan fingerprint density at radius 2 is 1.31 bits per heavy atom. The number of carbonyl (C=O) groups excluding carboxylic acids is 3. The number of carbonyl (C=O) groups is 3. The van der Waals surface area contributed by atoms with Gasteiger partial charge in [0.25, 0.3) is 0 Å². The number of aliphatic imine (C=N–C) groups is 1. The number of hydrogen-bond donors (Lipinski definition) is 6. The Labute approximate surface area is 228 Å². The molecule has 0 radical (unpaired) electrons. The molecular weight excluding hydrogens is 494 g/mol. The molecule has 1 atom stereocenters. The summed E-state index contributed by atoms with van der Waals surface area (Å²) in [6, 6.07) is 25.1. The van der Waals surface area contributed by atoms with Gasteiger partial charge >= 0.3 is 6.03 Å². The standard InChI is InChI=1S/C29H35N7O3/c30-29(39)34-19-22-15-13-21(14-16-22)18-33-27(37)25(12-7-17-32-20-35-31)36-28(38)26(23-8-3-1-4-9-23)24-10-5-2-6-11-24/h1-6,8-11,13-16,20,25-26H,7,12,17-19,31H2,(H,32,35)(H,33,37)(H,36,38)(H3,30,34,39)/t25-/m1/s1. The normalized spacial score (nSPS) is 11.6. The molecule has 204 valence electrons. The number of amides is 4. The van der Waals surface area contributed by atoms with Gasteiger partial charge in [-0.1, -0.05) is 84.9 Å². The Hall–Kier alpha value is -4.70. The Bertz CT molecular complexity index is 1180. The molecule has 0 bridgehead atoms. The van der Waals surface area contributed by atoms with Crippen molar-refractivity contribution in [3.63, 3.8) is 0 Å². The van der Waals surface area contributed by atoms with Crippen LogP contribution in [0.1, 0.15) is 41.0 Å². The lowest BCUT2D eigenvalue weighted by atomic mass is 9.90. The van der Waals surface area contributed by atoms with Crippen LogP contribution in [0.15, 0.2) is 89.9 Å². The Morgan fingerprint density at radius 3 is 1.82 bits per heavy atom. The van der Waals surface area contributed by atoms with E-state index < -0.39 is 18.0 Å². The highest BCUT2D eigenvalue weighted by molar-refractivity contribution is 5.92. The van der Waals surface area contributed by atoms with Crippen LogP contribution in [0.2, 0.25) is 0 Å². The molecule has 10 heteroatoms. The number of nitrogens with one attached hydrogen (secondary N) is 4. The van der Waals surface area contributed by atoms with E-state index in [2.05, 4.69) is 26.4 Å². The molecule has 0 heterocycles. The quantitative estimate of drug-likeness (QED) is 0.0618. The van der Waals surface area contributed by atoms with E-state index in [-0.39, 0.29) is 18.4 Å². The van der Waals surface area contributed by atoms with Gasteiger partial charge in [0.15, 0.2) is 0 Å². The molecule has 0 unspecified atom stereocenters. The van der Waals surface area contributed by atoms with Crippen LogP contribution in [0.5, 0.6) is 0 Å². The van der Waals surface area contributed by atoms with Crippen LogP contribution < -0.4 is 33.0 Å². The summed E-state index contributed by atoms with van der Waals surface area (Å²) in [6.45, 7) is 1.05. The first-order chi connectivity index (χ1) is 19.0. The lowest BCUT2D eigenvalue weighted by Gasteiger charge is -2.23. The van der Waals surface area contributed by atoms with Gasteiger partial charge in [-0.05, 0) is 35.1 Å². The zero-order valence-corrected chi connectivity index (χ0v) is 21.7. The van der Waals surface area contributed by atoms with Gasteiger partial charge in [0, 0.05) is 19.6 Å². The zero-order chi connectivity index (χ0) is 27.9. The molecule has 10 nitrogen and oxygen atoms in total. The Morgan fingerprint density at radius 1 is 0.769 bits per heavy atom. The number of rotatable bonds is 14. The number of urea groups is 1. The third-order valence-corrected chi connectivity index (χ3v) is 6.06. The van der Waals surface area contributed by atoms with Crippen LogP contribution in [0.25, 0.3) is 0 Å². The zero-order valence-electron chi connectivity index (χ0n) is 21.7. The molecule has 0 saturated heterocycles. The molecule has 0 aromatic heterocycles. The molecule has 0 spiro atoms. The van der Waals surface area contributed by atoms with Crippen LogP contribution in [0.4, 0.5) is 4.79 Å². The molecular formula is C29H35N7O3. The fourth-order valence-electron chi connectivity index (χ4n) is 4.09. The minimum absolute atomic E-state index is 0.258. The van der Waals surface area contributed by atoms with E-state index in [1.165, 1.54) is 6.34 Å². The average Bonchev–Trinajstić information content (AvgIpc) is 2.96. The summed E-state index contributed by atoms with van der Waals surface area (Å²) in [5.41, 5.74) is 10.9. The van der Waals surface area contributed by atoms with Crippen molar-refractivity contribution < 1.29 is 14.4 Å². The molecule has 3 rings (SSSR count). The van der Waals surface area contributed by atoms with E-state index >= 15 is 0 Å². The average molecular weight is 530 g/mol. The molecule has 3 aromatic rings. The summed E-state index contributed by atoms with van der Waals surface area (Å²) >= 11 is 0. The maximum atomic E-state index is 13.6.